The molecule has 0 aliphatic rings. The molecule has 0 atom stereocenters. The summed E-state index contributed by atoms with van der Waals surface area (Å²) in [6, 6.07) is 21.2. The average Bonchev–Trinajstić information content (AvgIpc) is 2.51. The van der Waals surface area contributed by atoms with Crippen LogP contribution >= 0.6 is 0 Å². The minimum atomic E-state index is 0.484. The summed E-state index contributed by atoms with van der Waals surface area (Å²) in [6.45, 7) is 7.49. The van der Waals surface area contributed by atoms with Crippen molar-refractivity contribution < 1.29 is 0 Å². The normalized spacial score (nSPS) is 8.68. The Bertz CT molecular complexity index is 380. The molecule has 0 heterocycles. The van der Waals surface area contributed by atoms with E-state index < -0.39 is 0 Å². The molecule has 2 N–H and O–H groups in total. The Morgan fingerprint density at radius 2 is 1.11 bits per heavy atom. The molecule has 0 spiro atoms. The van der Waals surface area contributed by atoms with Crippen LogP contribution in [-0.2, 0) is 0 Å². The summed E-state index contributed by atoms with van der Waals surface area (Å²) >= 11 is 0. The van der Waals surface area contributed by atoms with Crippen LogP contribution in [0.25, 0.3) is 0 Å². The summed E-state index contributed by atoms with van der Waals surface area (Å²) in [5.41, 5.74) is 7.25. The van der Waals surface area contributed by atoms with Crippen molar-refractivity contribution in [2.75, 3.05) is 7.05 Å². The van der Waals surface area contributed by atoms with E-state index in [2.05, 4.69) is 79.9 Å². The molecular formula is C18H25N. The van der Waals surface area contributed by atoms with Crippen LogP contribution in [0.3, 0.4) is 0 Å². The van der Waals surface area contributed by atoms with E-state index in [0.29, 0.717) is 5.92 Å². The molecule has 0 aliphatic carbocycles. The van der Waals surface area contributed by atoms with Crippen molar-refractivity contribution >= 4 is 0 Å². The molecule has 0 radical (unpaired) electrons. The monoisotopic (exact) mass is 255 g/mol. The highest BCUT2D eigenvalue weighted by molar-refractivity contribution is 5.31. The van der Waals surface area contributed by atoms with Crippen LogP contribution in [0.15, 0.2) is 73.3 Å². The van der Waals surface area contributed by atoms with E-state index in [4.69, 9.17) is 0 Å². The van der Waals surface area contributed by atoms with Gasteiger partial charge in [0, 0.05) is 5.92 Å². The summed E-state index contributed by atoms with van der Waals surface area (Å²) < 4.78 is 0. The van der Waals surface area contributed by atoms with Gasteiger partial charge in [-0.05, 0) is 25.1 Å². The molecule has 0 bridgehead atoms. The number of hydrogen-bond donors (Lipinski definition) is 1. The third-order valence-corrected chi connectivity index (χ3v) is 2.60. The predicted octanol–water partition coefficient (Wildman–Crippen LogP) is 4.61. The smallest absolute Gasteiger partial charge is 0.00610 e. The van der Waals surface area contributed by atoms with E-state index in [1.54, 1.807) is 6.08 Å². The van der Waals surface area contributed by atoms with Gasteiger partial charge in [-0.2, -0.15) is 0 Å². The van der Waals surface area contributed by atoms with Crippen LogP contribution in [0.5, 0.6) is 0 Å². The standard InChI is InChI=1S/C14H14.C3H6.CH5N/c1-12(13-8-4-2-5-9-13)14-10-6-3-7-11-14;1-3-2;1-2/h2-12H,1H3;3H,1H2,2H3;2H2,1H3. The average molecular weight is 255 g/mol. The first-order valence-corrected chi connectivity index (χ1v) is 6.54. The Labute approximate surface area is 117 Å². The fourth-order valence-electron chi connectivity index (χ4n) is 1.68. The Balaban J connectivity index is 0.000000573. The summed E-state index contributed by atoms with van der Waals surface area (Å²) in [4.78, 5) is 0. The first kappa shape index (κ1) is 17.1. The zero-order valence-electron chi connectivity index (χ0n) is 12.2. The van der Waals surface area contributed by atoms with Gasteiger partial charge in [0.2, 0.25) is 0 Å². The highest BCUT2D eigenvalue weighted by Crippen LogP contribution is 2.22. The van der Waals surface area contributed by atoms with Gasteiger partial charge in [-0.15, -0.1) is 6.58 Å². The van der Waals surface area contributed by atoms with Crippen molar-refractivity contribution in [2.45, 2.75) is 19.8 Å². The van der Waals surface area contributed by atoms with Crippen molar-refractivity contribution in [1.29, 1.82) is 0 Å². The van der Waals surface area contributed by atoms with Crippen LogP contribution in [0.2, 0.25) is 0 Å². The highest BCUT2D eigenvalue weighted by atomic mass is 14.4. The van der Waals surface area contributed by atoms with Crippen molar-refractivity contribution in [1.82, 2.24) is 0 Å². The van der Waals surface area contributed by atoms with Crippen LogP contribution in [-0.4, -0.2) is 7.05 Å². The molecule has 1 nitrogen and oxygen atoms in total. The Morgan fingerprint density at radius 1 is 0.842 bits per heavy atom. The fourth-order valence-corrected chi connectivity index (χ4v) is 1.68. The second-order valence-corrected chi connectivity index (χ2v) is 3.95. The lowest BCUT2D eigenvalue weighted by Crippen LogP contribution is -1.94. The Kier molecular flexibility index (Phi) is 10.1. The van der Waals surface area contributed by atoms with Gasteiger partial charge in [-0.1, -0.05) is 73.7 Å². The highest BCUT2D eigenvalue weighted by Gasteiger charge is 2.05. The molecule has 102 valence electrons. The SMILES string of the molecule is C=CC.CC(c1ccccc1)c1ccccc1.CN. The van der Waals surface area contributed by atoms with Crippen molar-refractivity contribution in [3.8, 4) is 0 Å². The maximum absolute atomic E-state index is 4.50. The predicted molar refractivity (Wildman–Crippen MR) is 86.4 cm³/mol. The zero-order valence-corrected chi connectivity index (χ0v) is 12.2. The molecule has 0 aliphatic heterocycles. The van der Waals surface area contributed by atoms with Crippen molar-refractivity contribution in [3.05, 3.63) is 84.4 Å². The third-order valence-electron chi connectivity index (χ3n) is 2.60. The largest absolute Gasteiger partial charge is 0.333 e. The molecule has 2 rings (SSSR count). The molecule has 2 aromatic rings. The van der Waals surface area contributed by atoms with Gasteiger partial charge in [0.15, 0.2) is 0 Å². The summed E-state index contributed by atoms with van der Waals surface area (Å²) in [7, 11) is 1.50. The first-order chi connectivity index (χ1) is 9.29. The number of rotatable bonds is 2. The van der Waals surface area contributed by atoms with E-state index in [1.807, 2.05) is 6.92 Å². The third kappa shape index (κ3) is 6.58. The molecule has 0 fully saturated rings. The summed E-state index contributed by atoms with van der Waals surface area (Å²) in [5, 5.41) is 0. The molecule has 0 unspecified atom stereocenters. The van der Waals surface area contributed by atoms with Crippen LogP contribution in [0.1, 0.15) is 30.9 Å². The lowest BCUT2D eigenvalue weighted by Gasteiger charge is -2.11. The van der Waals surface area contributed by atoms with Crippen molar-refractivity contribution in [3.63, 3.8) is 0 Å². The van der Waals surface area contributed by atoms with Crippen molar-refractivity contribution in [2.24, 2.45) is 5.73 Å². The summed E-state index contributed by atoms with van der Waals surface area (Å²) in [5.74, 6) is 0.484. The van der Waals surface area contributed by atoms with Gasteiger partial charge in [-0.3, -0.25) is 0 Å². The number of allylic oxidation sites excluding steroid dienone is 1. The Morgan fingerprint density at radius 3 is 1.37 bits per heavy atom. The lowest BCUT2D eigenvalue weighted by molar-refractivity contribution is 0.922. The lowest BCUT2D eigenvalue weighted by atomic mass is 9.93. The quantitative estimate of drug-likeness (QED) is 0.779. The van der Waals surface area contributed by atoms with Gasteiger partial charge < -0.3 is 5.73 Å². The van der Waals surface area contributed by atoms with E-state index in [9.17, 15) is 0 Å². The molecule has 0 aromatic heterocycles. The van der Waals surface area contributed by atoms with Gasteiger partial charge in [0.05, 0.1) is 0 Å². The van der Waals surface area contributed by atoms with E-state index in [-0.39, 0.29) is 0 Å². The van der Waals surface area contributed by atoms with E-state index in [1.165, 1.54) is 18.2 Å². The minimum Gasteiger partial charge on any atom is -0.333 e. The molecule has 0 amide bonds. The zero-order chi connectivity index (χ0) is 14.5. The topological polar surface area (TPSA) is 26.0 Å². The molecule has 0 saturated carbocycles. The van der Waals surface area contributed by atoms with E-state index >= 15 is 0 Å². The van der Waals surface area contributed by atoms with Crippen LogP contribution in [0.4, 0.5) is 0 Å². The summed E-state index contributed by atoms with van der Waals surface area (Å²) in [6.07, 6.45) is 1.75. The molecule has 2 aromatic carbocycles. The number of nitrogens with two attached hydrogens (primary N) is 1. The van der Waals surface area contributed by atoms with Gasteiger partial charge in [0.25, 0.3) is 0 Å². The van der Waals surface area contributed by atoms with Gasteiger partial charge in [-0.25, -0.2) is 0 Å². The fraction of sp³-hybridized carbons (Fsp3) is 0.222. The maximum Gasteiger partial charge on any atom is 0.00610 e. The van der Waals surface area contributed by atoms with Crippen LogP contribution < -0.4 is 5.73 Å². The number of hydrogen-bond acceptors (Lipinski definition) is 1. The number of benzene rings is 2. The minimum absolute atomic E-state index is 0.484. The maximum atomic E-state index is 4.50. The van der Waals surface area contributed by atoms with Crippen LogP contribution in [0, 0.1) is 0 Å². The Hall–Kier alpha value is -1.86. The molecular weight excluding hydrogens is 230 g/mol. The molecule has 1 heteroatoms. The van der Waals surface area contributed by atoms with Gasteiger partial charge >= 0.3 is 0 Å². The van der Waals surface area contributed by atoms with Gasteiger partial charge in [0.1, 0.15) is 0 Å². The van der Waals surface area contributed by atoms with E-state index in [0.717, 1.165) is 0 Å². The second-order valence-electron chi connectivity index (χ2n) is 3.95. The molecule has 0 saturated heterocycles. The first-order valence-electron chi connectivity index (χ1n) is 6.54. The molecule has 19 heavy (non-hydrogen) atoms. The second kappa shape index (κ2) is 11.2.